The first-order chi connectivity index (χ1) is 12.7. The predicted molar refractivity (Wildman–Crippen MR) is 98.7 cm³/mol. The van der Waals surface area contributed by atoms with Gasteiger partial charge in [0.25, 0.3) is 0 Å². The molecule has 0 radical (unpaired) electrons. The van der Waals surface area contributed by atoms with E-state index in [2.05, 4.69) is 16.4 Å². The molecule has 0 aliphatic heterocycles. The third-order valence-corrected chi connectivity index (χ3v) is 3.57. The number of aromatic nitrogens is 1. The zero-order valence-electron chi connectivity index (χ0n) is 14.7. The Kier molecular flexibility index (Phi) is 5.40. The van der Waals surface area contributed by atoms with Gasteiger partial charge in [-0.2, -0.15) is 10.2 Å². The van der Waals surface area contributed by atoms with Crippen LogP contribution in [0.5, 0.6) is 11.5 Å². The average Bonchev–Trinajstić information content (AvgIpc) is 3.07. The number of rotatable bonds is 7. The lowest BCUT2D eigenvalue weighted by Gasteiger charge is -2.06. The molecule has 3 aromatic rings. The lowest BCUT2D eigenvalue weighted by atomic mass is 10.2. The van der Waals surface area contributed by atoms with Crippen molar-refractivity contribution in [2.45, 2.75) is 13.8 Å². The van der Waals surface area contributed by atoms with Crippen molar-refractivity contribution in [3.05, 3.63) is 54.2 Å². The zero-order chi connectivity index (χ0) is 18.4. The molecule has 0 unspecified atom stereocenters. The Morgan fingerprint density at radius 3 is 2.08 bits per heavy atom. The summed E-state index contributed by atoms with van der Waals surface area (Å²) in [4.78, 5) is 4.26. The molecule has 6 heteroatoms. The van der Waals surface area contributed by atoms with Crippen LogP contribution in [0.15, 0.2) is 52.9 Å². The van der Waals surface area contributed by atoms with Crippen LogP contribution in [0.4, 0.5) is 11.6 Å². The van der Waals surface area contributed by atoms with Gasteiger partial charge in [-0.05, 0) is 62.4 Å². The van der Waals surface area contributed by atoms with E-state index >= 15 is 0 Å². The van der Waals surface area contributed by atoms with Gasteiger partial charge in [0.15, 0.2) is 0 Å². The van der Waals surface area contributed by atoms with E-state index in [0.717, 1.165) is 22.7 Å². The Morgan fingerprint density at radius 1 is 0.962 bits per heavy atom. The lowest BCUT2D eigenvalue weighted by Crippen LogP contribution is -1.93. The Hall–Kier alpha value is -3.46. The van der Waals surface area contributed by atoms with Crippen molar-refractivity contribution in [3.63, 3.8) is 0 Å². The minimum absolute atomic E-state index is 0.197. The Morgan fingerprint density at radius 2 is 1.54 bits per heavy atom. The van der Waals surface area contributed by atoms with Crippen LogP contribution in [0.3, 0.4) is 0 Å². The van der Waals surface area contributed by atoms with Gasteiger partial charge in [-0.1, -0.05) is 0 Å². The average molecular weight is 349 g/mol. The molecule has 0 bridgehead atoms. The summed E-state index contributed by atoms with van der Waals surface area (Å²) in [5, 5.41) is 12.4. The highest BCUT2D eigenvalue weighted by Crippen LogP contribution is 2.29. The number of hydrogen-bond donors (Lipinski definition) is 1. The van der Waals surface area contributed by atoms with Gasteiger partial charge in [0.1, 0.15) is 17.6 Å². The van der Waals surface area contributed by atoms with Crippen molar-refractivity contribution in [2.24, 2.45) is 0 Å². The van der Waals surface area contributed by atoms with Crippen molar-refractivity contribution in [1.82, 2.24) is 4.98 Å². The van der Waals surface area contributed by atoms with Crippen molar-refractivity contribution in [3.8, 4) is 29.0 Å². The summed E-state index contributed by atoms with van der Waals surface area (Å²) >= 11 is 0. The number of nitriles is 1. The van der Waals surface area contributed by atoms with E-state index in [1.807, 2.05) is 62.4 Å². The molecule has 132 valence electrons. The SMILES string of the molecule is CCOc1ccc(Nc2oc(-c3ccc(OCC)cc3)nc2C#N)cc1. The molecule has 1 N–H and O–H groups in total. The van der Waals surface area contributed by atoms with Crippen molar-refractivity contribution in [2.75, 3.05) is 18.5 Å². The van der Waals surface area contributed by atoms with Gasteiger partial charge < -0.3 is 19.2 Å². The van der Waals surface area contributed by atoms with Gasteiger partial charge in [0, 0.05) is 11.3 Å². The number of nitrogens with zero attached hydrogens (tertiary/aromatic N) is 2. The molecule has 3 rings (SSSR count). The highest BCUT2D eigenvalue weighted by Gasteiger charge is 2.15. The maximum absolute atomic E-state index is 9.33. The molecule has 0 aliphatic rings. The summed E-state index contributed by atoms with van der Waals surface area (Å²) in [6, 6.07) is 16.8. The summed E-state index contributed by atoms with van der Waals surface area (Å²) in [6.07, 6.45) is 0. The van der Waals surface area contributed by atoms with Gasteiger partial charge in [-0.15, -0.1) is 0 Å². The third-order valence-electron chi connectivity index (χ3n) is 3.57. The number of benzene rings is 2. The Labute approximate surface area is 152 Å². The molecule has 0 fully saturated rings. The molecule has 0 aliphatic carbocycles. The molecular weight excluding hydrogens is 330 g/mol. The highest BCUT2D eigenvalue weighted by molar-refractivity contribution is 5.64. The maximum atomic E-state index is 9.33. The molecule has 0 saturated carbocycles. The standard InChI is InChI=1S/C20H19N3O3/c1-3-24-16-9-5-14(6-10-16)19-23-18(13-21)20(26-19)22-15-7-11-17(12-8-15)25-4-2/h5-12,22H,3-4H2,1-2H3. The number of hydrogen-bond acceptors (Lipinski definition) is 6. The molecular formula is C20H19N3O3. The van der Waals surface area contributed by atoms with Gasteiger partial charge in [0.05, 0.1) is 13.2 Å². The normalized spacial score (nSPS) is 10.2. The lowest BCUT2D eigenvalue weighted by molar-refractivity contribution is 0.340. The van der Waals surface area contributed by atoms with Crippen molar-refractivity contribution >= 4 is 11.6 Å². The fourth-order valence-corrected chi connectivity index (χ4v) is 2.40. The largest absolute Gasteiger partial charge is 0.494 e. The Bertz CT molecular complexity index is 894. The van der Waals surface area contributed by atoms with Crippen LogP contribution in [-0.2, 0) is 0 Å². The van der Waals surface area contributed by atoms with E-state index in [9.17, 15) is 5.26 Å². The smallest absolute Gasteiger partial charge is 0.236 e. The second kappa shape index (κ2) is 8.08. The van der Waals surface area contributed by atoms with Gasteiger partial charge >= 0.3 is 0 Å². The third kappa shape index (κ3) is 3.95. The molecule has 26 heavy (non-hydrogen) atoms. The van der Waals surface area contributed by atoms with Crippen LogP contribution in [0, 0.1) is 11.3 Å². The summed E-state index contributed by atoms with van der Waals surface area (Å²) in [7, 11) is 0. The van der Waals surface area contributed by atoms with Crippen LogP contribution in [0.2, 0.25) is 0 Å². The van der Waals surface area contributed by atoms with Gasteiger partial charge in [-0.3, -0.25) is 0 Å². The molecule has 0 spiro atoms. The first-order valence-corrected chi connectivity index (χ1v) is 8.37. The van der Waals surface area contributed by atoms with E-state index < -0.39 is 0 Å². The topological polar surface area (TPSA) is 80.3 Å². The second-order valence-electron chi connectivity index (χ2n) is 5.35. The van der Waals surface area contributed by atoms with E-state index in [4.69, 9.17) is 13.9 Å². The molecule has 0 atom stereocenters. The highest BCUT2D eigenvalue weighted by atomic mass is 16.5. The monoisotopic (exact) mass is 349 g/mol. The van der Waals surface area contributed by atoms with Crippen LogP contribution in [-0.4, -0.2) is 18.2 Å². The van der Waals surface area contributed by atoms with E-state index in [-0.39, 0.29) is 5.69 Å². The van der Waals surface area contributed by atoms with E-state index in [0.29, 0.717) is 25.0 Å². The summed E-state index contributed by atoms with van der Waals surface area (Å²) in [5.74, 6) is 2.24. The number of oxazole rings is 1. The maximum Gasteiger partial charge on any atom is 0.236 e. The molecule has 2 aromatic carbocycles. The molecule has 0 amide bonds. The van der Waals surface area contributed by atoms with Crippen molar-refractivity contribution in [1.29, 1.82) is 5.26 Å². The number of nitrogens with one attached hydrogen (secondary N) is 1. The molecule has 0 saturated heterocycles. The van der Waals surface area contributed by atoms with Crippen LogP contribution in [0.1, 0.15) is 19.5 Å². The van der Waals surface area contributed by atoms with E-state index in [1.54, 1.807) is 0 Å². The quantitative estimate of drug-likeness (QED) is 0.663. The Balaban J connectivity index is 1.81. The number of ether oxygens (including phenoxy) is 2. The van der Waals surface area contributed by atoms with Gasteiger partial charge in [0.2, 0.25) is 17.5 Å². The minimum Gasteiger partial charge on any atom is -0.494 e. The summed E-state index contributed by atoms with van der Waals surface area (Å²) in [6.45, 7) is 5.08. The van der Waals surface area contributed by atoms with Crippen molar-refractivity contribution < 1.29 is 13.9 Å². The summed E-state index contributed by atoms with van der Waals surface area (Å²) in [5.41, 5.74) is 1.74. The number of anilines is 2. The fourth-order valence-electron chi connectivity index (χ4n) is 2.40. The zero-order valence-corrected chi connectivity index (χ0v) is 14.7. The molecule has 1 aromatic heterocycles. The minimum atomic E-state index is 0.197. The van der Waals surface area contributed by atoms with Crippen LogP contribution in [0.25, 0.3) is 11.5 Å². The fraction of sp³-hybridized carbons (Fsp3) is 0.200. The molecule has 1 heterocycles. The first-order valence-electron chi connectivity index (χ1n) is 8.37. The van der Waals surface area contributed by atoms with Gasteiger partial charge in [-0.25, -0.2) is 0 Å². The first kappa shape index (κ1) is 17.4. The van der Waals surface area contributed by atoms with Crippen LogP contribution >= 0.6 is 0 Å². The predicted octanol–water partition coefficient (Wildman–Crippen LogP) is 4.75. The van der Waals surface area contributed by atoms with E-state index in [1.165, 1.54) is 0 Å². The van der Waals surface area contributed by atoms with Crippen LogP contribution < -0.4 is 14.8 Å². The summed E-state index contributed by atoms with van der Waals surface area (Å²) < 4.78 is 16.6. The second-order valence-corrected chi connectivity index (χ2v) is 5.35. The molecule has 6 nitrogen and oxygen atoms in total.